The summed E-state index contributed by atoms with van der Waals surface area (Å²) in [5, 5.41) is 5.33. The van der Waals surface area contributed by atoms with Crippen LogP contribution in [-0.4, -0.2) is 42.2 Å². The van der Waals surface area contributed by atoms with E-state index in [9.17, 15) is 4.21 Å². The van der Waals surface area contributed by atoms with Crippen LogP contribution in [0.15, 0.2) is 47.8 Å². The van der Waals surface area contributed by atoms with E-state index < -0.39 is 16.8 Å². The molecule has 4 aromatic rings. The minimum Gasteiger partial charge on any atom is -0.381 e. The average molecular weight is 500 g/mol. The van der Waals surface area contributed by atoms with E-state index in [1.165, 1.54) is 22.1 Å². The number of hydrogen-bond donors (Lipinski definition) is 2. The van der Waals surface area contributed by atoms with Gasteiger partial charge in [0.05, 0.1) is 27.0 Å². The Bertz CT molecular complexity index is 1350. The van der Waals surface area contributed by atoms with E-state index in [1.54, 1.807) is 43.7 Å². The summed E-state index contributed by atoms with van der Waals surface area (Å²) in [7, 11) is 0.00147. The standard InChI is InChI=1S/C22H22FN7O2S2/c1-30-10-6-17(28-30)34(31)29-15-4-2-3-14(18(15)23)19-20(16-5-9-25-22(24)26-16)33-21(27-19)13-7-11-32-12-8-13/h2-6,9-10,13,29H,7-8,11-12H2,1H3,(H2,24,25,26). The van der Waals surface area contributed by atoms with Crippen LogP contribution in [0.4, 0.5) is 16.0 Å². The highest BCUT2D eigenvalue weighted by Gasteiger charge is 2.26. The highest BCUT2D eigenvalue weighted by molar-refractivity contribution is 7.86. The maximum absolute atomic E-state index is 15.7. The predicted octanol–water partition coefficient (Wildman–Crippen LogP) is 3.75. The summed E-state index contributed by atoms with van der Waals surface area (Å²) in [4.78, 5) is 13.9. The van der Waals surface area contributed by atoms with E-state index in [4.69, 9.17) is 15.5 Å². The van der Waals surface area contributed by atoms with Crippen molar-refractivity contribution in [2.24, 2.45) is 7.05 Å². The Labute approximate surface area is 201 Å². The first kappa shape index (κ1) is 22.6. The van der Waals surface area contributed by atoms with Gasteiger partial charge in [-0.1, -0.05) is 6.07 Å². The summed E-state index contributed by atoms with van der Waals surface area (Å²) in [5.41, 5.74) is 7.24. The Balaban J connectivity index is 1.56. The van der Waals surface area contributed by atoms with Crippen LogP contribution < -0.4 is 10.5 Å². The van der Waals surface area contributed by atoms with Gasteiger partial charge in [0.15, 0.2) is 21.8 Å². The van der Waals surface area contributed by atoms with Gasteiger partial charge in [0.25, 0.3) is 0 Å². The molecular formula is C22H22FN7O2S2. The molecule has 0 amide bonds. The Morgan fingerprint density at radius 3 is 2.79 bits per heavy atom. The molecule has 1 fully saturated rings. The molecule has 0 spiro atoms. The third-order valence-electron chi connectivity index (χ3n) is 5.46. The Morgan fingerprint density at radius 2 is 2.06 bits per heavy atom. The molecule has 1 saturated heterocycles. The summed E-state index contributed by atoms with van der Waals surface area (Å²) in [6, 6.07) is 8.23. The van der Waals surface area contributed by atoms with Crippen molar-refractivity contribution >= 4 is 34.0 Å². The fourth-order valence-electron chi connectivity index (χ4n) is 3.75. The number of nitrogen functional groups attached to an aromatic ring is 1. The zero-order chi connectivity index (χ0) is 23.7. The van der Waals surface area contributed by atoms with E-state index >= 15 is 4.39 Å². The third-order valence-corrected chi connectivity index (χ3v) is 7.70. The van der Waals surface area contributed by atoms with Crippen LogP contribution in [-0.2, 0) is 22.8 Å². The van der Waals surface area contributed by atoms with Gasteiger partial charge in [-0.25, -0.2) is 23.6 Å². The van der Waals surface area contributed by atoms with Gasteiger partial charge in [-0.2, -0.15) is 5.10 Å². The highest BCUT2D eigenvalue weighted by Crippen LogP contribution is 2.42. The molecule has 3 N–H and O–H groups in total. The van der Waals surface area contributed by atoms with Crippen molar-refractivity contribution in [3.63, 3.8) is 0 Å². The molecule has 34 heavy (non-hydrogen) atoms. The minimum atomic E-state index is -1.72. The molecule has 176 valence electrons. The lowest BCUT2D eigenvalue weighted by atomic mass is 10.0. The molecular weight excluding hydrogens is 477 g/mol. The molecule has 12 heteroatoms. The summed E-state index contributed by atoms with van der Waals surface area (Å²) < 4.78 is 38.1. The van der Waals surface area contributed by atoms with Gasteiger partial charge < -0.3 is 10.5 Å². The fourth-order valence-corrected chi connectivity index (χ4v) is 5.82. The van der Waals surface area contributed by atoms with Gasteiger partial charge in [-0.15, -0.1) is 11.3 Å². The van der Waals surface area contributed by atoms with Crippen molar-refractivity contribution in [3.05, 3.63) is 53.6 Å². The van der Waals surface area contributed by atoms with Crippen LogP contribution in [0.25, 0.3) is 21.8 Å². The largest absolute Gasteiger partial charge is 0.381 e. The Morgan fingerprint density at radius 1 is 1.24 bits per heavy atom. The molecule has 0 saturated carbocycles. The van der Waals surface area contributed by atoms with Crippen LogP contribution >= 0.6 is 11.3 Å². The number of ether oxygens (including phenoxy) is 1. The number of rotatable bonds is 6. The first-order valence-electron chi connectivity index (χ1n) is 10.6. The molecule has 1 atom stereocenters. The Hall–Kier alpha value is -3.22. The molecule has 9 nitrogen and oxygen atoms in total. The number of aryl methyl sites for hydroxylation is 1. The van der Waals surface area contributed by atoms with Crippen molar-refractivity contribution in [1.82, 2.24) is 24.7 Å². The maximum Gasteiger partial charge on any atom is 0.220 e. The monoisotopic (exact) mass is 499 g/mol. The van der Waals surface area contributed by atoms with Gasteiger partial charge >= 0.3 is 0 Å². The number of nitrogens with two attached hydrogens (primary N) is 1. The minimum absolute atomic E-state index is 0.0928. The molecule has 5 rings (SSSR count). The van der Waals surface area contributed by atoms with E-state index in [-0.39, 0.29) is 23.1 Å². The first-order valence-corrected chi connectivity index (χ1v) is 12.6. The summed E-state index contributed by atoms with van der Waals surface area (Å²) in [5.74, 6) is -0.198. The molecule has 3 aromatic heterocycles. The SMILES string of the molecule is Cn1ccc(S(=O)Nc2cccc(-c3nc(C4CCOCC4)sc3-c3ccnc(N)n3)c2F)n1. The molecule has 0 radical (unpaired) electrons. The second-order valence-corrected chi connectivity index (χ2v) is 9.97. The van der Waals surface area contributed by atoms with Crippen LogP contribution in [0, 0.1) is 5.82 Å². The van der Waals surface area contributed by atoms with Gasteiger partial charge in [0.2, 0.25) is 5.95 Å². The predicted molar refractivity (Wildman–Crippen MR) is 129 cm³/mol. The van der Waals surface area contributed by atoms with Crippen LogP contribution in [0.2, 0.25) is 0 Å². The number of aromatic nitrogens is 5. The first-order chi connectivity index (χ1) is 16.5. The normalized spacial score (nSPS) is 15.4. The third kappa shape index (κ3) is 4.56. The van der Waals surface area contributed by atoms with Crippen LogP contribution in [0.3, 0.4) is 0 Å². The lowest BCUT2D eigenvalue weighted by molar-refractivity contribution is 0.0853. The van der Waals surface area contributed by atoms with Crippen molar-refractivity contribution in [2.75, 3.05) is 23.7 Å². The van der Waals surface area contributed by atoms with Crippen LogP contribution in [0.5, 0.6) is 0 Å². The number of thiazole rings is 1. The zero-order valence-corrected chi connectivity index (χ0v) is 19.9. The summed E-state index contributed by atoms with van der Waals surface area (Å²) >= 11 is 1.48. The van der Waals surface area contributed by atoms with E-state index in [1.807, 2.05) is 0 Å². The number of nitrogens with zero attached hydrogens (tertiary/aromatic N) is 5. The van der Waals surface area contributed by atoms with E-state index in [0.29, 0.717) is 34.5 Å². The zero-order valence-electron chi connectivity index (χ0n) is 18.3. The lowest BCUT2D eigenvalue weighted by Gasteiger charge is -2.19. The topological polar surface area (TPSA) is 121 Å². The van der Waals surface area contributed by atoms with Gasteiger partial charge in [0.1, 0.15) is 0 Å². The second-order valence-electron chi connectivity index (χ2n) is 7.78. The van der Waals surface area contributed by atoms with Crippen molar-refractivity contribution in [2.45, 2.75) is 23.8 Å². The molecule has 0 aliphatic carbocycles. The molecule has 1 aliphatic rings. The van der Waals surface area contributed by atoms with Gasteiger partial charge in [-0.05, 0) is 37.1 Å². The van der Waals surface area contributed by atoms with Crippen molar-refractivity contribution in [1.29, 1.82) is 0 Å². The smallest absolute Gasteiger partial charge is 0.220 e. The average Bonchev–Trinajstić information content (AvgIpc) is 3.48. The molecule has 1 aliphatic heterocycles. The molecule has 0 bridgehead atoms. The summed E-state index contributed by atoms with van der Waals surface area (Å²) in [6.45, 7) is 1.34. The summed E-state index contributed by atoms with van der Waals surface area (Å²) in [6.07, 6.45) is 4.95. The highest BCUT2D eigenvalue weighted by atomic mass is 32.2. The lowest BCUT2D eigenvalue weighted by Crippen LogP contribution is -2.13. The van der Waals surface area contributed by atoms with Crippen molar-refractivity contribution in [3.8, 4) is 21.8 Å². The number of halogens is 1. The number of hydrogen-bond acceptors (Lipinski definition) is 8. The second kappa shape index (κ2) is 9.57. The molecule has 1 unspecified atom stereocenters. The fraction of sp³-hybridized carbons (Fsp3) is 0.273. The molecule has 1 aromatic carbocycles. The number of benzene rings is 1. The Kier molecular flexibility index (Phi) is 6.35. The maximum atomic E-state index is 15.7. The van der Waals surface area contributed by atoms with Gasteiger partial charge in [-0.3, -0.25) is 9.40 Å². The van der Waals surface area contributed by atoms with E-state index in [2.05, 4.69) is 19.8 Å². The quantitative estimate of drug-likeness (QED) is 0.414. The van der Waals surface area contributed by atoms with Crippen LogP contribution in [0.1, 0.15) is 23.8 Å². The van der Waals surface area contributed by atoms with Gasteiger partial charge in [0, 0.05) is 44.1 Å². The molecule has 4 heterocycles. The van der Waals surface area contributed by atoms with Crippen molar-refractivity contribution < 1.29 is 13.3 Å². The number of nitrogens with one attached hydrogen (secondary N) is 1. The number of anilines is 2. The van der Waals surface area contributed by atoms with E-state index in [0.717, 1.165) is 17.8 Å².